The zero-order valence-corrected chi connectivity index (χ0v) is 12.9. The normalized spacial score (nSPS) is 21.8. The Morgan fingerprint density at radius 2 is 1.85 bits per heavy atom. The number of ether oxygens (including phenoxy) is 1. The summed E-state index contributed by atoms with van der Waals surface area (Å²) in [5, 5.41) is 0. The highest BCUT2D eigenvalue weighted by molar-refractivity contribution is 5.50. The number of aryl methyl sites for hydroxylation is 1. The van der Waals surface area contributed by atoms with Crippen LogP contribution in [0.3, 0.4) is 0 Å². The van der Waals surface area contributed by atoms with Crippen LogP contribution in [0.1, 0.15) is 61.6 Å². The van der Waals surface area contributed by atoms with Crippen molar-refractivity contribution in [1.29, 1.82) is 0 Å². The van der Waals surface area contributed by atoms with Crippen LogP contribution in [0.2, 0.25) is 0 Å². The molecular formula is C18H27NO. The maximum Gasteiger partial charge on any atom is 0.126 e. The smallest absolute Gasteiger partial charge is 0.126 e. The van der Waals surface area contributed by atoms with Gasteiger partial charge in [-0.1, -0.05) is 18.6 Å². The first-order valence-electron chi connectivity index (χ1n) is 8.14. The molecule has 0 saturated heterocycles. The van der Waals surface area contributed by atoms with Gasteiger partial charge in [-0.2, -0.15) is 0 Å². The Hall–Kier alpha value is -1.02. The highest BCUT2D eigenvalue weighted by atomic mass is 16.5. The van der Waals surface area contributed by atoms with Gasteiger partial charge in [-0.3, -0.25) is 0 Å². The van der Waals surface area contributed by atoms with Crippen LogP contribution in [0.4, 0.5) is 0 Å². The topological polar surface area (TPSA) is 35.2 Å². The molecule has 1 aromatic carbocycles. The molecule has 2 aliphatic rings. The van der Waals surface area contributed by atoms with E-state index >= 15 is 0 Å². The minimum absolute atomic E-state index is 0.187. The van der Waals surface area contributed by atoms with Gasteiger partial charge in [-0.25, -0.2) is 0 Å². The molecule has 0 amide bonds. The van der Waals surface area contributed by atoms with E-state index in [4.69, 9.17) is 10.5 Å². The molecule has 2 N–H and O–H groups in total. The summed E-state index contributed by atoms with van der Waals surface area (Å²) in [5.74, 6) is 1.15. The predicted octanol–water partition coefficient (Wildman–Crippen LogP) is 4.01. The summed E-state index contributed by atoms with van der Waals surface area (Å²) in [6.45, 7) is 5.12. The zero-order chi connectivity index (χ0) is 14.2. The Balaban J connectivity index is 1.98. The highest BCUT2D eigenvalue weighted by Crippen LogP contribution is 2.48. The summed E-state index contributed by atoms with van der Waals surface area (Å²) in [4.78, 5) is 0. The standard InChI is InChI=1S/C18H27NO/c1-13-8-9-16(18(12-19)10-5-11-18)17(14(13)2)20-15-6-3-4-7-15/h8-9,15H,3-7,10-12,19H2,1-2H3. The first-order valence-corrected chi connectivity index (χ1v) is 8.14. The van der Waals surface area contributed by atoms with Crippen LogP contribution in [0, 0.1) is 13.8 Å². The van der Waals surface area contributed by atoms with Crippen molar-refractivity contribution in [2.75, 3.05) is 6.54 Å². The maximum absolute atomic E-state index is 6.45. The third-order valence-corrected chi connectivity index (χ3v) is 5.54. The molecule has 0 heterocycles. The second kappa shape index (κ2) is 5.40. The molecule has 20 heavy (non-hydrogen) atoms. The third-order valence-electron chi connectivity index (χ3n) is 5.54. The van der Waals surface area contributed by atoms with E-state index in [2.05, 4.69) is 26.0 Å². The fourth-order valence-corrected chi connectivity index (χ4v) is 3.72. The van der Waals surface area contributed by atoms with E-state index < -0.39 is 0 Å². The van der Waals surface area contributed by atoms with Crippen molar-refractivity contribution in [2.24, 2.45) is 5.73 Å². The number of nitrogens with two attached hydrogens (primary N) is 1. The van der Waals surface area contributed by atoms with Gasteiger partial charge in [0.15, 0.2) is 0 Å². The average Bonchev–Trinajstić information content (AvgIpc) is 2.89. The monoisotopic (exact) mass is 273 g/mol. The lowest BCUT2D eigenvalue weighted by Crippen LogP contribution is -2.42. The fraction of sp³-hybridized carbons (Fsp3) is 0.667. The van der Waals surface area contributed by atoms with Gasteiger partial charge in [0.25, 0.3) is 0 Å². The predicted molar refractivity (Wildman–Crippen MR) is 83.4 cm³/mol. The van der Waals surface area contributed by atoms with Crippen molar-refractivity contribution < 1.29 is 4.74 Å². The molecule has 0 atom stereocenters. The molecule has 2 nitrogen and oxygen atoms in total. The summed E-state index contributed by atoms with van der Waals surface area (Å²) < 4.78 is 6.45. The molecule has 0 aliphatic heterocycles. The quantitative estimate of drug-likeness (QED) is 0.899. The van der Waals surface area contributed by atoms with Crippen LogP contribution in [0.5, 0.6) is 5.75 Å². The average molecular weight is 273 g/mol. The van der Waals surface area contributed by atoms with Gasteiger partial charge in [0.1, 0.15) is 5.75 Å². The molecule has 3 rings (SSSR count). The lowest BCUT2D eigenvalue weighted by atomic mass is 9.64. The van der Waals surface area contributed by atoms with Crippen LogP contribution >= 0.6 is 0 Å². The van der Waals surface area contributed by atoms with Gasteiger partial charge in [0.2, 0.25) is 0 Å². The molecule has 2 fully saturated rings. The zero-order valence-electron chi connectivity index (χ0n) is 12.9. The Kier molecular flexibility index (Phi) is 3.76. The number of benzene rings is 1. The van der Waals surface area contributed by atoms with Crippen LogP contribution in [0.15, 0.2) is 12.1 Å². The van der Waals surface area contributed by atoms with E-state index in [-0.39, 0.29) is 5.41 Å². The SMILES string of the molecule is Cc1ccc(C2(CN)CCC2)c(OC2CCCC2)c1C. The lowest BCUT2D eigenvalue weighted by molar-refractivity contribution is 0.188. The minimum atomic E-state index is 0.187. The van der Waals surface area contributed by atoms with Crippen LogP contribution < -0.4 is 10.5 Å². The van der Waals surface area contributed by atoms with Gasteiger partial charge in [0, 0.05) is 17.5 Å². The van der Waals surface area contributed by atoms with Gasteiger partial charge in [0.05, 0.1) is 6.10 Å². The Morgan fingerprint density at radius 1 is 1.15 bits per heavy atom. The van der Waals surface area contributed by atoms with E-state index in [0.29, 0.717) is 6.10 Å². The Labute approximate surface area is 122 Å². The first-order chi connectivity index (χ1) is 9.66. The van der Waals surface area contributed by atoms with E-state index in [9.17, 15) is 0 Å². The van der Waals surface area contributed by atoms with E-state index in [1.807, 2.05) is 0 Å². The molecule has 110 valence electrons. The van der Waals surface area contributed by atoms with Crippen LogP contribution in [-0.2, 0) is 5.41 Å². The van der Waals surface area contributed by atoms with E-state index in [1.165, 1.54) is 61.6 Å². The van der Waals surface area contributed by atoms with E-state index in [1.54, 1.807) is 0 Å². The van der Waals surface area contributed by atoms with Crippen LogP contribution in [0.25, 0.3) is 0 Å². The first kappa shape index (κ1) is 13.9. The lowest BCUT2D eigenvalue weighted by Gasteiger charge is -2.43. The Morgan fingerprint density at radius 3 is 2.40 bits per heavy atom. The van der Waals surface area contributed by atoms with Gasteiger partial charge >= 0.3 is 0 Å². The minimum Gasteiger partial charge on any atom is -0.490 e. The molecule has 0 bridgehead atoms. The van der Waals surface area contributed by atoms with Crippen molar-refractivity contribution in [3.63, 3.8) is 0 Å². The second-order valence-electron chi connectivity index (χ2n) is 6.75. The molecule has 2 heteroatoms. The van der Waals surface area contributed by atoms with Crippen molar-refractivity contribution in [2.45, 2.75) is 70.3 Å². The van der Waals surface area contributed by atoms with Gasteiger partial charge in [-0.15, -0.1) is 0 Å². The molecule has 0 aromatic heterocycles. The summed E-state index contributed by atoms with van der Waals surface area (Å²) in [5.41, 5.74) is 10.3. The Bertz CT molecular complexity index is 479. The summed E-state index contributed by atoms with van der Waals surface area (Å²) in [6.07, 6.45) is 9.20. The largest absolute Gasteiger partial charge is 0.490 e. The second-order valence-corrected chi connectivity index (χ2v) is 6.75. The van der Waals surface area contributed by atoms with Gasteiger partial charge in [-0.05, 0) is 63.5 Å². The molecule has 2 aliphatic carbocycles. The number of hydrogen-bond donors (Lipinski definition) is 1. The van der Waals surface area contributed by atoms with Crippen molar-refractivity contribution in [3.8, 4) is 5.75 Å². The molecule has 1 aromatic rings. The number of rotatable bonds is 4. The molecule has 0 radical (unpaired) electrons. The summed E-state index contributed by atoms with van der Waals surface area (Å²) in [6, 6.07) is 4.51. The third kappa shape index (κ3) is 2.24. The van der Waals surface area contributed by atoms with E-state index in [0.717, 1.165) is 12.3 Å². The summed E-state index contributed by atoms with van der Waals surface area (Å²) >= 11 is 0. The molecule has 0 unspecified atom stereocenters. The van der Waals surface area contributed by atoms with Crippen molar-refractivity contribution in [3.05, 3.63) is 28.8 Å². The fourth-order valence-electron chi connectivity index (χ4n) is 3.72. The summed E-state index contributed by atoms with van der Waals surface area (Å²) in [7, 11) is 0. The van der Waals surface area contributed by atoms with Crippen LogP contribution in [-0.4, -0.2) is 12.6 Å². The number of hydrogen-bond acceptors (Lipinski definition) is 2. The van der Waals surface area contributed by atoms with Gasteiger partial charge < -0.3 is 10.5 Å². The van der Waals surface area contributed by atoms with Crippen molar-refractivity contribution in [1.82, 2.24) is 0 Å². The maximum atomic E-state index is 6.45. The molecule has 0 spiro atoms. The van der Waals surface area contributed by atoms with Crippen molar-refractivity contribution >= 4 is 0 Å². The molecular weight excluding hydrogens is 246 g/mol. The molecule has 2 saturated carbocycles. The highest BCUT2D eigenvalue weighted by Gasteiger charge is 2.40.